The summed E-state index contributed by atoms with van der Waals surface area (Å²) in [6.45, 7) is 0.212. The van der Waals surface area contributed by atoms with E-state index < -0.39 is 10.0 Å². The van der Waals surface area contributed by atoms with Crippen LogP contribution in [0.5, 0.6) is 5.75 Å². The van der Waals surface area contributed by atoms with E-state index in [9.17, 15) is 12.8 Å². The summed E-state index contributed by atoms with van der Waals surface area (Å²) in [5.41, 5.74) is 0.852. The van der Waals surface area contributed by atoms with Gasteiger partial charge in [0.25, 0.3) is 0 Å². The molecular weight excluding hydrogens is 373 g/mol. The van der Waals surface area contributed by atoms with Gasteiger partial charge in [0.1, 0.15) is 16.5 Å². The van der Waals surface area contributed by atoms with Gasteiger partial charge < -0.3 is 4.74 Å². The molecule has 2 aromatic carbocycles. The fraction of sp³-hybridized carbons (Fsp3) is 0.200. The van der Waals surface area contributed by atoms with Crippen LogP contribution in [0, 0.1) is 5.82 Å². The topological polar surface area (TPSA) is 55.4 Å². The van der Waals surface area contributed by atoms with E-state index >= 15 is 0 Å². The van der Waals surface area contributed by atoms with E-state index in [4.69, 9.17) is 4.74 Å². The van der Waals surface area contributed by atoms with Gasteiger partial charge in [-0.05, 0) is 42.3 Å². The van der Waals surface area contributed by atoms with Gasteiger partial charge in [-0.25, -0.2) is 17.5 Å². The van der Waals surface area contributed by atoms with Crippen LogP contribution in [0.2, 0.25) is 0 Å². The Kier molecular flexibility index (Phi) is 5.55. The summed E-state index contributed by atoms with van der Waals surface area (Å²) in [6, 6.07) is 10.7. The maximum atomic E-state index is 12.8. The zero-order chi connectivity index (χ0) is 16.2. The molecule has 0 bridgehead atoms. The van der Waals surface area contributed by atoms with Gasteiger partial charge in [0.2, 0.25) is 10.0 Å². The van der Waals surface area contributed by atoms with Gasteiger partial charge in [0, 0.05) is 11.0 Å². The highest BCUT2D eigenvalue weighted by atomic mass is 79.9. The van der Waals surface area contributed by atoms with Crippen LogP contribution < -0.4 is 9.46 Å². The van der Waals surface area contributed by atoms with Crippen molar-refractivity contribution in [1.29, 1.82) is 0 Å². The van der Waals surface area contributed by atoms with E-state index in [1.165, 1.54) is 25.3 Å². The van der Waals surface area contributed by atoms with Crippen LogP contribution in [0.4, 0.5) is 4.39 Å². The lowest BCUT2D eigenvalue weighted by Gasteiger charge is -2.11. The average Bonchev–Trinajstić information content (AvgIpc) is 2.49. The van der Waals surface area contributed by atoms with Crippen molar-refractivity contribution in [2.75, 3.05) is 13.7 Å². The van der Waals surface area contributed by atoms with Crippen molar-refractivity contribution in [3.63, 3.8) is 0 Å². The van der Waals surface area contributed by atoms with Crippen LogP contribution >= 0.6 is 15.9 Å². The number of nitrogens with one attached hydrogen (secondary N) is 1. The van der Waals surface area contributed by atoms with Gasteiger partial charge in [0.05, 0.1) is 7.11 Å². The molecule has 7 heteroatoms. The largest absolute Gasteiger partial charge is 0.495 e. The molecule has 22 heavy (non-hydrogen) atoms. The first-order valence-corrected chi connectivity index (χ1v) is 8.77. The molecule has 2 rings (SSSR count). The van der Waals surface area contributed by atoms with Gasteiger partial charge in [-0.1, -0.05) is 28.1 Å². The van der Waals surface area contributed by atoms with Gasteiger partial charge >= 0.3 is 0 Å². The summed E-state index contributed by atoms with van der Waals surface area (Å²) in [5, 5.41) is 0. The van der Waals surface area contributed by atoms with Crippen molar-refractivity contribution in [3.05, 3.63) is 58.3 Å². The molecule has 0 aliphatic rings. The number of sulfonamides is 1. The molecule has 0 saturated heterocycles. The summed E-state index contributed by atoms with van der Waals surface area (Å²) in [6.07, 6.45) is 0.468. The van der Waals surface area contributed by atoms with E-state index in [0.717, 1.165) is 5.56 Å². The number of hydrogen-bond acceptors (Lipinski definition) is 3. The molecule has 0 fully saturated rings. The van der Waals surface area contributed by atoms with Crippen molar-refractivity contribution < 1.29 is 17.5 Å². The molecule has 0 aromatic heterocycles. The first-order chi connectivity index (χ1) is 10.4. The Bertz CT molecular complexity index is 748. The Morgan fingerprint density at radius 2 is 1.86 bits per heavy atom. The Hall–Kier alpha value is -1.44. The molecule has 0 heterocycles. The molecule has 2 aromatic rings. The van der Waals surface area contributed by atoms with Crippen LogP contribution in [0.15, 0.2) is 51.8 Å². The first-order valence-electron chi connectivity index (χ1n) is 6.50. The maximum Gasteiger partial charge on any atom is 0.244 e. The van der Waals surface area contributed by atoms with E-state index in [-0.39, 0.29) is 23.0 Å². The highest BCUT2D eigenvalue weighted by Gasteiger charge is 2.19. The van der Waals surface area contributed by atoms with Gasteiger partial charge in [-0.3, -0.25) is 0 Å². The number of methoxy groups -OCH3 is 1. The molecule has 0 atom stereocenters. The summed E-state index contributed by atoms with van der Waals surface area (Å²) >= 11 is 3.25. The number of hydrogen-bond donors (Lipinski definition) is 1. The summed E-state index contributed by atoms with van der Waals surface area (Å²) in [7, 11) is -2.27. The number of benzene rings is 2. The second-order valence-electron chi connectivity index (χ2n) is 4.57. The number of rotatable bonds is 6. The highest BCUT2D eigenvalue weighted by molar-refractivity contribution is 9.10. The van der Waals surface area contributed by atoms with Crippen LogP contribution in [0.3, 0.4) is 0 Å². The third-order valence-corrected chi connectivity index (χ3v) is 5.01. The molecule has 0 aliphatic heterocycles. The maximum absolute atomic E-state index is 12.8. The fourth-order valence-electron chi connectivity index (χ4n) is 1.92. The molecule has 0 saturated carbocycles. The van der Waals surface area contributed by atoms with E-state index in [2.05, 4.69) is 20.7 Å². The predicted molar refractivity (Wildman–Crippen MR) is 86.0 cm³/mol. The predicted octanol–water partition coefficient (Wildman–Crippen LogP) is 3.12. The molecule has 0 amide bonds. The van der Waals surface area contributed by atoms with Gasteiger partial charge in [-0.2, -0.15) is 0 Å². The minimum atomic E-state index is -3.68. The normalized spacial score (nSPS) is 11.4. The molecule has 4 nitrogen and oxygen atoms in total. The van der Waals surface area contributed by atoms with Crippen LogP contribution in [0.25, 0.3) is 0 Å². The smallest absolute Gasteiger partial charge is 0.244 e. The fourth-order valence-corrected chi connectivity index (χ4v) is 3.66. The minimum Gasteiger partial charge on any atom is -0.495 e. The molecule has 118 valence electrons. The molecule has 1 N–H and O–H groups in total. The highest BCUT2D eigenvalue weighted by Crippen LogP contribution is 2.27. The first kappa shape index (κ1) is 16.9. The molecule has 0 aliphatic carbocycles. The van der Waals surface area contributed by atoms with Crippen molar-refractivity contribution in [2.45, 2.75) is 11.3 Å². The zero-order valence-corrected chi connectivity index (χ0v) is 14.2. The zero-order valence-electron chi connectivity index (χ0n) is 11.8. The van der Waals surface area contributed by atoms with E-state index in [1.807, 2.05) is 0 Å². The summed E-state index contributed by atoms with van der Waals surface area (Å²) in [4.78, 5) is 0.0727. The number of ether oxygens (including phenoxy) is 1. The Balaban J connectivity index is 2.08. The molecule has 0 spiro atoms. The van der Waals surface area contributed by atoms with Crippen LogP contribution in [0.1, 0.15) is 5.56 Å². The number of halogens is 2. The summed E-state index contributed by atoms with van der Waals surface area (Å²) < 4.78 is 45.7. The lowest BCUT2D eigenvalue weighted by Crippen LogP contribution is -2.26. The summed E-state index contributed by atoms with van der Waals surface area (Å²) in [5.74, 6) is -0.0410. The van der Waals surface area contributed by atoms with E-state index in [0.29, 0.717) is 10.9 Å². The third kappa shape index (κ3) is 4.28. The Morgan fingerprint density at radius 1 is 1.18 bits per heavy atom. The Labute approximate surface area is 137 Å². The second-order valence-corrected chi connectivity index (χ2v) is 7.22. The van der Waals surface area contributed by atoms with Gasteiger partial charge in [-0.15, -0.1) is 0 Å². The molecule has 0 unspecified atom stereocenters. The van der Waals surface area contributed by atoms with Crippen molar-refractivity contribution in [3.8, 4) is 5.75 Å². The second kappa shape index (κ2) is 7.21. The third-order valence-electron chi connectivity index (χ3n) is 3.03. The van der Waals surface area contributed by atoms with Crippen molar-refractivity contribution in [1.82, 2.24) is 4.72 Å². The van der Waals surface area contributed by atoms with Crippen molar-refractivity contribution >= 4 is 26.0 Å². The molecule has 0 radical (unpaired) electrons. The van der Waals surface area contributed by atoms with Gasteiger partial charge in [0.15, 0.2) is 0 Å². The lowest BCUT2D eigenvalue weighted by molar-refractivity contribution is 0.402. The minimum absolute atomic E-state index is 0.0727. The van der Waals surface area contributed by atoms with E-state index in [1.54, 1.807) is 24.3 Å². The Morgan fingerprint density at radius 3 is 2.50 bits per heavy atom. The lowest BCUT2D eigenvalue weighted by atomic mass is 10.1. The SMILES string of the molecule is COc1ccc(Br)cc1S(=O)(=O)NCCc1ccc(F)cc1. The standard InChI is InChI=1S/C15H15BrFNO3S/c1-21-14-7-4-12(16)10-15(14)22(19,20)18-9-8-11-2-5-13(17)6-3-11/h2-7,10,18H,8-9H2,1H3. The van der Waals surface area contributed by atoms with Crippen LogP contribution in [-0.4, -0.2) is 22.1 Å². The average molecular weight is 388 g/mol. The van der Waals surface area contributed by atoms with Crippen LogP contribution in [-0.2, 0) is 16.4 Å². The monoisotopic (exact) mass is 387 g/mol. The quantitative estimate of drug-likeness (QED) is 0.828. The van der Waals surface area contributed by atoms with Crippen molar-refractivity contribution in [2.24, 2.45) is 0 Å². The molecular formula is C15H15BrFNO3S.